The molecular weight excluding hydrogens is 302 g/mol. The summed E-state index contributed by atoms with van der Waals surface area (Å²) in [5, 5.41) is 9.58. The molecule has 3 nitrogen and oxygen atoms in total. The summed E-state index contributed by atoms with van der Waals surface area (Å²) in [5.74, 6) is 2.24. The maximum Gasteiger partial charge on any atom is 0.254 e. The van der Waals surface area contributed by atoms with Gasteiger partial charge in [0, 0.05) is 24.4 Å². The number of carbonyl (C=O) groups is 1. The van der Waals surface area contributed by atoms with E-state index >= 15 is 0 Å². The third-order valence-corrected chi connectivity index (χ3v) is 4.42. The summed E-state index contributed by atoms with van der Waals surface area (Å²) in [6.45, 7) is 1.60. The Morgan fingerprint density at radius 2 is 2.18 bits per heavy atom. The van der Waals surface area contributed by atoms with Crippen molar-refractivity contribution in [1.82, 2.24) is 4.90 Å². The molecule has 1 amide bonds. The van der Waals surface area contributed by atoms with Crippen molar-refractivity contribution in [3.63, 3.8) is 0 Å². The largest absolute Gasteiger partial charge is 0.507 e. The lowest BCUT2D eigenvalue weighted by atomic mass is 10.2. The Morgan fingerprint density at radius 3 is 2.94 bits per heavy atom. The van der Waals surface area contributed by atoms with Crippen molar-refractivity contribution in [3.8, 4) is 5.75 Å². The lowest BCUT2D eigenvalue weighted by molar-refractivity contribution is 0.0768. The summed E-state index contributed by atoms with van der Waals surface area (Å²) in [5.41, 5.74) is 0.553. The average Bonchev–Trinajstić information content (AvgIpc) is 2.60. The van der Waals surface area contributed by atoms with Crippen molar-refractivity contribution in [1.29, 1.82) is 0 Å². The van der Waals surface area contributed by atoms with Crippen LogP contribution in [0.3, 0.4) is 0 Å². The number of benzene rings is 1. The summed E-state index contributed by atoms with van der Waals surface area (Å²) >= 11 is 5.10. The van der Waals surface area contributed by atoms with E-state index < -0.39 is 0 Å². The monoisotopic (exact) mass is 315 g/mol. The van der Waals surface area contributed by atoms with Gasteiger partial charge in [-0.25, -0.2) is 0 Å². The molecule has 0 aliphatic carbocycles. The molecule has 1 heterocycles. The van der Waals surface area contributed by atoms with E-state index in [-0.39, 0.29) is 11.7 Å². The highest BCUT2D eigenvalue weighted by Crippen LogP contribution is 2.25. The van der Waals surface area contributed by atoms with E-state index in [0.717, 1.165) is 31.0 Å². The highest BCUT2D eigenvalue weighted by molar-refractivity contribution is 9.10. The van der Waals surface area contributed by atoms with Crippen LogP contribution < -0.4 is 0 Å². The van der Waals surface area contributed by atoms with Crippen molar-refractivity contribution in [2.45, 2.75) is 6.42 Å². The molecule has 0 radical (unpaired) electrons. The molecular formula is C12H14BrNO2S. The Bertz CT molecular complexity index is 417. The molecule has 1 aromatic carbocycles. The molecule has 1 N–H and O–H groups in total. The zero-order chi connectivity index (χ0) is 12.3. The normalized spacial score (nSPS) is 16.6. The molecule has 0 unspecified atom stereocenters. The van der Waals surface area contributed by atoms with Crippen LogP contribution in [-0.4, -0.2) is 40.5 Å². The van der Waals surface area contributed by atoms with Gasteiger partial charge in [-0.15, -0.1) is 0 Å². The molecule has 0 saturated carbocycles. The molecule has 1 fully saturated rings. The van der Waals surface area contributed by atoms with Gasteiger partial charge in [-0.3, -0.25) is 4.79 Å². The van der Waals surface area contributed by atoms with Gasteiger partial charge in [-0.05, 0) is 46.3 Å². The van der Waals surface area contributed by atoms with Gasteiger partial charge in [-0.1, -0.05) is 0 Å². The van der Waals surface area contributed by atoms with Gasteiger partial charge < -0.3 is 10.0 Å². The second-order valence-electron chi connectivity index (χ2n) is 3.92. The maximum absolute atomic E-state index is 12.2. The number of nitrogens with zero attached hydrogens (tertiary/aromatic N) is 1. The Morgan fingerprint density at radius 1 is 1.35 bits per heavy atom. The maximum atomic E-state index is 12.2. The minimum atomic E-state index is 0.00954. The van der Waals surface area contributed by atoms with Crippen molar-refractivity contribution in [2.75, 3.05) is 24.6 Å². The zero-order valence-electron chi connectivity index (χ0n) is 9.36. The number of hydrogen-bond acceptors (Lipinski definition) is 3. The van der Waals surface area contributed by atoms with Gasteiger partial charge in [-0.2, -0.15) is 11.8 Å². The highest BCUT2D eigenvalue weighted by Gasteiger charge is 2.18. The van der Waals surface area contributed by atoms with Crippen LogP contribution in [0.1, 0.15) is 16.8 Å². The molecule has 1 aliphatic rings. The fraction of sp³-hybridized carbons (Fsp3) is 0.417. The van der Waals surface area contributed by atoms with Crippen LogP contribution in [-0.2, 0) is 0 Å². The predicted octanol–water partition coefficient (Wildman–Crippen LogP) is 2.73. The zero-order valence-corrected chi connectivity index (χ0v) is 11.8. The molecule has 0 spiro atoms. The van der Waals surface area contributed by atoms with Gasteiger partial charge >= 0.3 is 0 Å². The molecule has 0 atom stereocenters. The number of hydrogen-bond donors (Lipinski definition) is 1. The van der Waals surface area contributed by atoms with Crippen LogP contribution in [0, 0.1) is 0 Å². The molecule has 1 saturated heterocycles. The van der Waals surface area contributed by atoms with E-state index in [4.69, 9.17) is 0 Å². The van der Waals surface area contributed by atoms with Crippen LogP contribution >= 0.6 is 27.7 Å². The number of amides is 1. The second-order valence-corrected chi connectivity index (χ2v) is 6.00. The molecule has 17 heavy (non-hydrogen) atoms. The quantitative estimate of drug-likeness (QED) is 0.866. The number of carbonyl (C=O) groups excluding carboxylic acids is 1. The van der Waals surface area contributed by atoms with Gasteiger partial charge in [0.2, 0.25) is 0 Å². The Hall–Kier alpha value is -0.680. The third-order valence-electron chi connectivity index (χ3n) is 2.70. The number of phenols is 1. The summed E-state index contributed by atoms with van der Waals surface area (Å²) in [6.07, 6.45) is 1.04. The molecule has 0 bridgehead atoms. The smallest absolute Gasteiger partial charge is 0.254 e. The van der Waals surface area contributed by atoms with E-state index in [0.29, 0.717) is 10.0 Å². The van der Waals surface area contributed by atoms with Crippen LogP contribution in [0.4, 0.5) is 0 Å². The van der Waals surface area contributed by atoms with E-state index in [9.17, 15) is 9.90 Å². The minimum absolute atomic E-state index is 0.00954. The minimum Gasteiger partial charge on any atom is -0.507 e. The van der Waals surface area contributed by atoms with Crippen LogP contribution in [0.5, 0.6) is 5.75 Å². The summed E-state index contributed by atoms with van der Waals surface area (Å²) in [6, 6.07) is 4.96. The average molecular weight is 316 g/mol. The fourth-order valence-corrected chi connectivity index (χ4v) is 2.91. The van der Waals surface area contributed by atoms with E-state index in [1.807, 2.05) is 16.7 Å². The summed E-state index contributed by atoms with van der Waals surface area (Å²) in [7, 11) is 0. The van der Waals surface area contributed by atoms with Gasteiger partial charge in [0.25, 0.3) is 5.91 Å². The first kappa shape index (κ1) is 12.8. The predicted molar refractivity (Wildman–Crippen MR) is 73.7 cm³/mol. The number of thioether (sulfide) groups is 1. The fourth-order valence-electron chi connectivity index (χ4n) is 1.78. The number of halogens is 1. The third kappa shape index (κ3) is 3.16. The van der Waals surface area contributed by atoms with Gasteiger partial charge in [0.1, 0.15) is 5.75 Å². The number of phenolic OH excluding ortho intramolecular Hbond substituents is 1. The van der Waals surface area contributed by atoms with Crippen LogP contribution in [0.2, 0.25) is 0 Å². The Kier molecular flexibility index (Phi) is 4.34. The van der Waals surface area contributed by atoms with Gasteiger partial charge in [0.15, 0.2) is 0 Å². The number of rotatable bonds is 1. The highest BCUT2D eigenvalue weighted by atomic mass is 79.9. The molecule has 5 heteroatoms. The van der Waals surface area contributed by atoms with Crippen molar-refractivity contribution in [3.05, 3.63) is 28.2 Å². The second kappa shape index (κ2) is 5.78. The molecule has 1 aromatic rings. The first-order chi connectivity index (χ1) is 8.18. The lowest BCUT2D eigenvalue weighted by Crippen LogP contribution is -2.32. The Balaban J connectivity index is 2.14. The SMILES string of the molecule is O=C(c1ccc(Br)c(O)c1)N1CCCSCC1. The van der Waals surface area contributed by atoms with Gasteiger partial charge in [0.05, 0.1) is 4.47 Å². The molecule has 1 aliphatic heterocycles. The standard InChI is InChI=1S/C12H14BrNO2S/c13-10-3-2-9(8-11(10)15)12(16)14-4-1-6-17-7-5-14/h2-3,8,15H,1,4-7H2. The van der Waals surface area contributed by atoms with Crippen molar-refractivity contribution < 1.29 is 9.90 Å². The lowest BCUT2D eigenvalue weighted by Gasteiger charge is -2.20. The van der Waals surface area contributed by atoms with E-state index in [1.165, 1.54) is 6.07 Å². The molecule has 0 aromatic heterocycles. The summed E-state index contributed by atoms with van der Waals surface area (Å²) < 4.78 is 0.612. The molecule has 2 rings (SSSR count). The first-order valence-corrected chi connectivity index (χ1v) is 7.49. The van der Waals surface area contributed by atoms with E-state index in [2.05, 4.69) is 15.9 Å². The first-order valence-electron chi connectivity index (χ1n) is 5.54. The Labute approximate surface area is 113 Å². The van der Waals surface area contributed by atoms with Crippen molar-refractivity contribution >= 4 is 33.6 Å². The topological polar surface area (TPSA) is 40.5 Å². The summed E-state index contributed by atoms with van der Waals surface area (Å²) in [4.78, 5) is 14.1. The number of aromatic hydroxyl groups is 1. The van der Waals surface area contributed by atoms with E-state index in [1.54, 1.807) is 12.1 Å². The molecule has 92 valence electrons. The van der Waals surface area contributed by atoms with Crippen LogP contribution in [0.25, 0.3) is 0 Å². The van der Waals surface area contributed by atoms with Crippen LogP contribution in [0.15, 0.2) is 22.7 Å². The van der Waals surface area contributed by atoms with Crippen molar-refractivity contribution in [2.24, 2.45) is 0 Å².